The first-order valence-electron chi connectivity index (χ1n) is 4.27. The summed E-state index contributed by atoms with van der Waals surface area (Å²) in [5.74, 6) is 0.0724. The third kappa shape index (κ3) is 4.83. The standard InChI is InChI=1S/C12H13O.Y/c1-9-6-10(2)8-12(7-9)5-4-11(3)13;/h4-5,7-8H,1-3H3;/q-1;/b5-4+;. The van der Waals surface area contributed by atoms with Gasteiger partial charge in [-0.25, -0.2) is 0 Å². The summed E-state index contributed by atoms with van der Waals surface area (Å²) in [5, 5.41) is 0. The molecule has 0 aromatic heterocycles. The topological polar surface area (TPSA) is 17.1 Å². The van der Waals surface area contributed by atoms with E-state index in [2.05, 4.69) is 6.07 Å². The zero-order valence-corrected chi connectivity index (χ0v) is 11.6. The first-order chi connectivity index (χ1) is 6.08. The van der Waals surface area contributed by atoms with Crippen LogP contribution in [0.25, 0.3) is 6.08 Å². The normalized spacial score (nSPS) is 9.93. The molecular formula is C12H13OY-. The number of benzene rings is 1. The van der Waals surface area contributed by atoms with Crippen LogP contribution in [0.3, 0.4) is 0 Å². The summed E-state index contributed by atoms with van der Waals surface area (Å²) in [4.78, 5) is 10.7. The number of hydrogen-bond acceptors (Lipinski definition) is 1. The van der Waals surface area contributed by atoms with Crippen molar-refractivity contribution in [3.05, 3.63) is 41.0 Å². The van der Waals surface area contributed by atoms with Crippen LogP contribution < -0.4 is 0 Å². The van der Waals surface area contributed by atoms with Crippen molar-refractivity contribution in [2.24, 2.45) is 0 Å². The Morgan fingerprint density at radius 1 is 1.29 bits per heavy atom. The zero-order chi connectivity index (χ0) is 9.84. The Hall–Kier alpha value is -0.266. The molecule has 0 saturated heterocycles. The van der Waals surface area contributed by atoms with E-state index in [4.69, 9.17) is 0 Å². The predicted octanol–water partition coefficient (Wildman–Crippen LogP) is 2.70. The van der Waals surface area contributed by atoms with Crippen molar-refractivity contribution in [3.63, 3.8) is 0 Å². The van der Waals surface area contributed by atoms with Crippen molar-refractivity contribution >= 4 is 11.9 Å². The molecule has 71 valence electrons. The van der Waals surface area contributed by atoms with Crippen LogP contribution in [0, 0.1) is 19.9 Å². The third-order valence-corrected chi connectivity index (χ3v) is 1.67. The first-order valence-corrected chi connectivity index (χ1v) is 4.27. The summed E-state index contributed by atoms with van der Waals surface area (Å²) in [5.41, 5.74) is 3.26. The summed E-state index contributed by atoms with van der Waals surface area (Å²) in [6.07, 6.45) is 3.41. The van der Waals surface area contributed by atoms with Crippen LogP contribution in [-0.2, 0) is 37.5 Å². The van der Waals surface area contributed by atoms with Gasteiger partial charge in [0.1, 0.15) is 0 Å². The van der Waals surface area contributed by atoms with Gasteiger partial charge in [0.05, 0.1) is 0 Å². The van der Waals surface area contributed by atoms with Gasteiger partial charge in [0.2, 0.25) is 0 Å². The fourth-order valence-corrected chi connectivity index (χ4v) is 1.23. The maximum Gasteiger partial charge on any atom is 0.152 e. The minimum atomic E-state index is 0. The molecule has 14 heavy (non-hydrogen) atoms. The van der Waals surface area contributed by atoms with Gasteiger partial charge < -0.3 is 0 Å². The van der Waals surface area contributed by atoms with Crippen LogP contribution in [0.15, 0.2) is 18.2 Å². The summed E-state index contributed by atoms with van der Waals surface area (Å²) in [6, 6.07) is 7.19. The summed E-state index contributed by atoms with van der Waals surface area (Å²) >= 11 is 0. The van der Waals surface area contributed by atoms with Crippen molar-refractivity contribution < 1.29 is 37.5 Å². The molecule has 1 radical (unpaired) electrons. The second-order valence-electron chi connectivity index (χ2n) is 3.22. The first kappa shape index (κ1) is 13.7. The predicted molar refractivity (Wildman–Crippen MR) is 54.5 cm³/mol. The van der Waals surface area contributed by atoms with E-state index in [1.54, 1.807) is 13.0 Å². The maximum absolute atomic E-state index is 10.7. The van der Waals surface area contributed by atoms with E-state index < -0.39 is 0 Å². The number of carbonyl (C=O) groups is 1. The van der Waals surface area contributed by atoms with Crippen molar-refractivity contribution in [2.45, 2.75) is 20.8 Å². The quantitative estimate of drug-likeness (QED) is 0.591. The van der Waals surface area contributed by atoms with Crippen LogP contribution >= 0.6 is 0 Å². The van der Waals surface area contributed by atoms with Gasteiger partial charge in [-0.05, 0) is 13.0 Å². The van der Waals surface area contributed by atoms with Gasteiger partial charge in [0.15, 0.2) is 5.78 Å². The third-order valence-electron chi connectivity index (χ3n) is 1.67. The minimum absolute atomic E-state index is 0. The molecule has 2 heteroatoms. The van der Waals surface area contributed by atoms with Gasteiger partial charge in [-0.15, -0.1) is 5.56 Å². The molecule has 0 spiro atoms. The van der Waals surface area contributed by atoms with Gasteiger partial charge in [-0.2, -0.15) is 29.3 Å². The second kappa shape index (κ2) is 6.26. The fourth-order valence-electron chi connectivity index (χ4n) is 1.23. The molecule has 1 aromatic rings. The molecule has 1 aromatic carbocycles. The monoisotopic (exact) mass is 262 g/mol. The Bertz CT molecular complexity index is 333. The number of allylic oxidation sites excluding steroid dienone is 1. The van der Waals surface area contributed by atoms with E-state index in [1.165, 1.54) is 0 Å². The van der Waals surface area contributed by atoms with Crippen LogP contribution in [0.2, 0.25) is 0 Å². The number of aryl methyl sites for hydroxylation is 2. The molecule has 0 N–H and O–H groups in total. The summed E-state index contributed by atoms with van der Waals surface area (Å²) in [7, 11) is 0. The van der Waals surface area contributed by atoms with Gasteiger partial charge in [0.25, 0.3) is 0 Å². The SMILES string of the molecule is CC(=O)/C=C/c1cc(C)[c-]c(C)c1.[Y]. The molecule has 0 aliphatic rings. The molecule has 0 saturated carbocycles. The molecular weight excluding hydrogens is 249 g/mol. The Labute approximate surface area is 110 Å². The molecule has 1 rings (SSSR count). The van der Waals surface area contributed by atoms with Crippen molar-refractivity contribution in [3.8, 4) is 0 Å². The molecule has 0 aliphatic carbocycles. The molecule has 0 aliphatic heterocycles. The summed E-state index contributed by atoms with van der Waals surface area (Å²) in [6.45, 7) is 5.54. The van der Waals surface area contributed by atoms with Gasteiger partial charge in [-0.3, -0.25) is 4.79 Å². The summed E-state index contributed by atoms with van der Waals surface area (Å²) < 4.78 is 0. The van der Waals surface area contributed by atoms with Crippen molar-refractivity contribution in [2.75, 3.05) is 0 Å². The van der Waals surface area contributed by atoms with E-state index in [-0.39, 0.29) is 38.5 Å². The second-order valence-corrected chi connectivity index (χ2v) is 3.22. The number of carbonyl (C=O) groups excluding carboxylic acids is 1. The van der Waals surface area contributed by atoms with Crippen LogP contribution in [0.4, 0.5) is 0 Å². The number of hydrogen-bond donors (Lipinski definition) is 0. The molecule has 0 unspecified atom stereocenters. The maximum atomic E-state index is 10.7. The number of rotatable bonds is 2. The Morgan fingerprint density at radius 3 is 2.21 bits per heavy atom. The van der Waals surface area contributed by atoms with E-state index in [1.807, 2.05) is 32.1 Å². The number of ketones is 1. The molecule has 0 fully saturated rings. The molecule has 0 atom stereocenters. The Morgan fingerprint density at radius 2 is 1.79 bits per heavy atom. The van der Waals surface area contributed by atoms with Crippen LogP contribution in [-0.4, -0.2) is 5.78 Å². The molecule has 0 heterocycles. The molecule has 0 bridgehead atoms. The Balaban J connectivity index is 0.00000169. The van der Waals surface area contributed by atoms with E-state index in [0.717, 1.165) is 16.7 Å². The van der Waals surface area contributed by atoms with Gasteiger partial charge in [-0.1, -0.05) is 19.9 Å². The fraction of sp³-hybridized carbons (Fsp3) is 0.250. The molecule has 1 nitrogen and oxygen atoms in total. The van der Waals surface area contributed by atoms with E-state index in [0.29, 0.717) is 0 Å². The zero-order valence-electron chi connectivity index (χ0n) is 8.79. The largest absolute Gasteiger partial charge is 0.295 e. The minimum Gasteiger partial charge on any atom is -0.295 e. The Kier molecular flexibility index (Phi) is 6.14. The van der Waals surface area contributed by atoms with Crippen LogP contribution in [0.5, 0.6) is 0 Å². The van der Waals surface area contributed by atoms with Crippen molar-refractivity contribution in [1.29, 1.82) is 0 Å². The molecule has 0 amide bonds. The van der Waals surface area contributed by atoms with E-state index in [9.17, 15) is 4.79 Å². The van der Waals surface area contributed by atoms with Crippen molar-refractivity contribution in [1.82, 2.24) is 0 Å². The van der Waals surface area contributed by atoms with Gasteiger partial charge in [0, 0.05) is 32.7 Å². The van der Waals surface area contributed by atoms with E-state index >= 15 is 0 Å². The average Bonchev–Trinajstić information content (AvgIpc) is 1.99. The average molecular weight is 262 g/mol. The van der Waals surface area contributed by atoms with Gasteiger partial charge >= 0.3 is 0 Å². The van der Waals surface area contributed by atoms with Crippen LogP contribution in [0.1, 0.15) is 23.6 Å². The smallest absolute Gasteiger partial charge is 0.152 e.